The van der Waals surface area contributed by atoms with Crippen LogP contribution in [0, 0.1) is 18.6 Å². The first-order valence-electron chi connectivity index (χ1n) is 8.55. The van der Waals surface area contributed by atoms with E-state index in [9.17, 15) is 23.2 Å². The van der Waals surface area contributed by atoms with Gasteiger partial charge in [-0.1, -0.05) is 23.7 Å². The first kappa shape index (κ1) is 20.5. The van der Waals surface area contributed by atoms with Gasteiger partial charge >= 0.3 is 11.1 Å². The molecule has 3 aromatic rings. The first-order chi connectivity index (χ1) is 13.8. The number of carbonyl (C=O) groups excluding carboxylic acids is 1. The maximum absolute atomic E-state index is 13.5. The summed E-state index contributed by atoms with van der Waals surface area (Å²) in [4.78, 5) is 36.9. The van der Waals surface area contributed by atoms with Crippen molar-refractivity contribution < 1.29 is 13.6 Å². The first-order valence-corrected chi connectivity index (χ1v) is 8.93. The molecule has 0 saturated carbocycles. The Labute approximate surface area is 169 Å². The van der Waals surface area contributed by atoms with Crippen LogP contribution < -0.4 is 16.4 Å². The fraction of sp³-hybridized carbons (Fsp3) is 0.150. The summed E-state index contributed by atoms with van der Waals surface area (Å²) >= 11 is 5.69. The van der Waals surface area contributed by atoms with Gasteiger partial charge in [-0.15, -0.1) is 0 Å². The Bertz CT molecular complexity index is 1200. The van der Waals surface area contributed by atoms with Crippen LogP contribution in [0.25, 0.3) is 5.69 Å². The minimum absolute atomic E-state index is 0.0655. The lowest BCUT2D eigenvalue weighted by molar-refractivity contribution is -0.121. The van der Waals surface area contributed by atoms with Crippen molar-refractivity contribution in [2.45, 2.75) is 20.0 Å². The molecule has 0 saturated heterocycles. The highest BCUT2D eigenvalue weighted by Crippen LogP contribution is 2.16. The van der Waals surface area contributed by atoms with Gasteiger partial charge < -0.3 is 5.32 Å². The molecule has 6 nitrogen and oxygen atoms in total. The van der Waals surface area contributed by atoms with Gasteiger partial charge in [0.2, 0.25) is 5.91 Å². The third kappa shape index (κ3) is 4.60. The molecule has 1 N–H and O–H groups in total. The van der Waals surface area contributed by atoms with Crippen LogP contribution in [-0.2, 0) is 17.9 Å². The molecule has 0 unspecified atom stereocenters. The van der Waals surface area contributed by atoms with Crippen LogP contribution >= 0.6 is 11.6 Å². The van der Waals surface area contributed by atoms with E-state index in [4.69, 9.17) is 11.6 Å². The number of aryl methyl sites for hydroxylation is 1. The zero-order valence-corrected chi connectivity index (χ0v) is 16.0. The number of halogens is 3. The zero-order valence-electron chi connectivity index (χ0n) is 15.3. The van der Waals surface area contributed by atoms with E-state index in [2.05, 4.69) is 5.32 Å². The SMILES string of the molecule is Cc1ccc(F)cc1-n1ccn(CC(=O)NCc2ccc(F)c(Cl)c2)c(=O)c1=O. The van der Waals surface area contributed by atoms with Gasteiger partial charge in [0, 0.05) is 18.9 Å². The van der Waals surface area contributed by atoms with Crippen LogP contribution in [0.5, 0.6) is 0 Å². The molecule has 0 atom stereocenters. The smallest absolute Gasteiger partial charge is 0.320 e. The van der Waals surface area contributed by atoms with E-state index in [1.807, 2.05) is 0 Å². The third-order valence-electron chi connectivity index (χ3n) is 4.28. The van der Waals surface area contributed by atoms with Crippen molar-refractivity contribution in [3.63, 3.8) is 0 Å². The summed E-state index contributed by atoms with van der Waals surface area (Å²) < 4.78 is 28.7. The predicted molar refractivity (Wildman–Crippen MR) is 104 cm³/mol. The average Bonchev–Trinajstić information content (AvgIpc) is 2.69. The second kappa shape index (κ2) is 8.40. The quantitative estimate of drug-likeness (QED) is 0.646. The van der Waals surface area contributed by atoms with Gasteiger partial charge in [-0.25, -0.2) is 8.78 Å². The minimum atomic E-state index is -0.920. The Morgan fingerprint density at radius 2 is 1.83 bits per heavy atom. The van der Waals surface area contributed by atoms with E-state index < -0.39 is 28.7 Å². The molecule has 1 aromatic heterocycles. The van der Waals surface area contributed by atoms with Crippen molar-refractivity contribution in [2.24, 2.45) is 0 Å². The number of benzene rings is 2. The fourth-order valence-corrected chi connectivity index (χ4v) is 2.93. The molecule has 0 aliphatic rings. The Hall–Kier alpha value is -3.26. The van der Waals surface area contributed by atoms with Gasteiger partial charge in [-0.3, -0.25) is 23.5 Å². The molecule has 0 aliphatic heterocycles. The molecule has 0 radical (unpaired) electrons. The van der Waals surface area contributed by atoms with E-state index in [1.165, 1.54) is 42.7 Å². The second-order valence-electron chi connectivity index (χ2n) is 6.36. The molecule has 29 heavy (non-hydrogen) atoms. The maximum atomic E-state index is 13.5. The number of carbonyl (C=O) groups is 1. The zero-order chi connectivity index (χ0) is 21.1. The highest BCUT2D eigenvalue weighted by Gasteiger charge is 2.12. The van der Waals surface area contributed by atoms with Crippen molar-refractivity contribution in [3.8, 4) is 5.69 Å². The molecular formula is C20H16ClF2N3O3. The van der Waals surface area contributed by atoms with E-state index in [0.717, 1.165) is 15.2 Å². The summed E-state index contributed by atoms with van der Waals surface area (Å²) in [5.74, 6) is -1.63. The lowest BCUT2D eigenvalue weighted by Crippen LogP contribution is -2.42. The van der Waals surface area contributed by atoms with Gasteiger partial charge in [0.05, 0.1) is 10.7 Å². The van der Waals surface area contributed by atoms with Crippen molar-refractivity contribution in [1.29, 1.82) is 0 Å². The summed E-state index contributed by atoms with van der Waals surface area (Å²) in [7, 11) is 0. The summed E-state index contributed by atoms with van der Waals surface area (Å²) in [5.41, 5.74) is -0.386. The molecule has 0 spiro atoms. The minimum Gasteiger partial charge on any atom is -0.350 e. The Kier molecular flexibility index (Phi) is 5.93. The number of amides is 1. The topological polar surface area (TPSA) is 73.1 Å². The Balaban J connectivity index is 1.76. The van der Waals surface area contributed by atoms with Crippen LogP contribution in [0.4, 0.5) is 8.78 Å². The summed E-state index contributed by atoms with van der Waals surface area (Å²) in [5, 5.41) is 2.50. The van der Waals surface area contributed by atoms with Crippen LogP contribution in [0.2, 0.25) is 5.02 Å². The number of aromatic nitrogens is 2. The highest BCUT2D eigenvalue weighted by molar-refractivity contribution is 6.30. The van der Waals surface area contributed by atoms with Crippen LogP contribution in [0.15, 0.2) is 58.4 Å². The van der Waals surface area contributed by atoms with Crippen molar-refractivity contribution in [3.05, 3.63) is 97.3 Å². The summed E-state index contributed by atoms with van der Waals surface area (Å²) in [6.45, 7) is 1.38. The van der Waals surface area contributed by atoms with E-state index >= 15 is 0 Å². The molecule has 0 aliphatic carbocycles. The average molecular weight is 420 g/mol. The molecule has 9 heteroatoms. The maximum Gasteiger partial charge on any atom is 0.320 e. The molecule has 1 heterocycles. The summed E-state index contributed by atoms with van der Waals surface area (Å²) in [6.07, 6.45) is 2.58. The molecule has 2 aromatic carbocycles. The van der Waals surface area contributed by atoms with Gasteiger partial charge in [0.15, 0.2) is 0 Å². The normalized spacial score (nSPS) is 10.8. The van der Waals surface area contributed by atoms with E-state index in [-0.39, 0.29) is 23.8 Å². The molecule has 1 amide bonds. The molecular weight excluding hydrogens is 404 g/mol. The second-order valence-corrected chi connectivity index (χ2v) is 6.77. The standard InChI is InChI=1S/C20H16ClF2N3O3/c1-12-2-4-14(22)9-17(12)26-7-6-25(19(28)20(26)29)11-18(27)24-10-13-3-5-16(23)15(21)8-13/h2-9H,10-11H2,1H3,(H,24,27). The Morgan fingerprint density at radius 3 is 2.55 bits per heavy atom. The van der Waals surface area contributed by atoms with Gasteiger partial charge in [0.1, 0.15) is 18.2 Å². The molecule has 150 valence electrons. The fourth-order valence-electron chi connectivity index (χ4n) is 2.73. The number of hydrogen-bond donors (Lipinski definition) is 1. The monoisotopic (exact) mass is 419 g/mol. The largest absolute Gasteiger partial charge is 0.350 e. The van der Waals surface area contributed by atoms with Gasteiger partial charge in [-0.05, 0) is 42.3 Å². The lowest BCUT2D eigenvalue weighted by atomic mass is 10.2. The molecule has 0 fully saturated rings. The lowest BCUT2D eigenvalue weighted by Gasteiger charge is -2.11. The highest BCUT2D eigenvalue weighted by atomic mass is 35.5. The predicted octanol–water partition coefficient (Wildman–Crippen LogP) is 2.56. The van der Waals surface area contributed by atoms with Gasteiger partial charge in [0.25, 0.3) is 0 Å². The van der Waals surface area contributed by atoms with Gasteiger partial charge in [-0.2, -0.15) is 0 Å². The number of rotatable bonds is 5. The van der Waals surface area contributed by atoms with E-state index in [1.54, 1.807) is 6.92 Å². The Morgan fingerprint density at radius 1 is 1.07 bits per heavy atom. The molecule has 0 bridgehead atoms. The summed E-state index contributed by atoms with van der Waals surface area (Å²) in [6, 6.07) is 7.94. The van der Waals surface area contributed by atoms with Crippen molar-refractivity contribution in [1.82, 2.24) is 14.5 Å². The van der Waals surface area contributed by atoms with Crippen LogP contribution in [-0.4, -0.2) is 15.0 Å². The number of hydrogen-bond acceptors (Lipinski definition) is 3. The molecule has 3 rings (SSSR count). The third-order valence-corrected chi connectivity index (χ3v) is 4.57. The number of nitrogens with zero attached hydrogens (tertiary/aromatic N) is 2. The van der Waals surface area contributed by atoms with Crippen molar-refractivity contribution in [2.75, 3.05) is 0 Å². The van der Waals surface area contributed by atoms with Crippen LogP contribution in [0.3, 0.4) is 0 Å². The van der Waals surface area contributed by atoms with Crippen LogP contribution in [0.1, 0.15) is 11.1 Å². The number of nitrogens with one attached hydrogen (secondary N) is 1. The van der Waals surface area contributed by atoms with E-state index in [0.29, 0.717) is 11.1 Å². The van der Waals surface area contributed by atoms with Crippen molar-refractivity contribution >= 4 is 17.5 Å².